The summed E-state index contributed by atoms with van der Waals surface area (Å²) in [6, 6.07) is 9.74. The standard InChI is InChI=1S/C27H21ClF2N6O/c1-3-21(37)36-12-11-35(14-17(36)9-10-31)27-19-13-32-25(24(30)26(19)33-15(2)34-27)18-6-4-5-16-7-8-20(29)23(28)22(16)18/h3-8,13,17H,1,9,11-12,14H2,2H3/t17-/m0/s1. The summed E-state index contributed by atoms with van der Waals surface area (Å²) in [5.74, 6) is -0.709. The molecule has 186 valence electrons. The van der Waals surface area contributed by atoms with E-state index in [9.17, 15) is 14.4 Å². The molecule has 3 heterocycles. The second kappa shape index (κ2) is 9.71. The molecule has 0 saturated carbocycles. The van der Waals surface area contributed by atoms with E-state index in [0.717, 1.165) is 0 Å². The SMILES string of the molecule is C=CC(=O)N1CCN(c2nc(C)nc3c(F)c(-c4cccc5ccc(F)c(Cl)c45)ncc23)C[C@@H]1CC#N. The Hall–Kier alpha value is -4.16. The molecule has 4 aromatic rings. The third-order valence-corrected chi connectivity index (χ3v) is 6.90. The summed E-state index contributed by atoms with van der Waals surface area (Å²) in [7, 11) is 0. The summed E-state index contributed by atoms with van der Waals surface area (Å²) in [6.07, 6.45) is 2.86. The van der Waals surface area contributed by atoms with Crippen LogP contribution in [0.5, 0.6) is 0 Å². The Labute approximate surface area is 216 Å². The number of halogens is 3. The number of aromatic nitrogens is 3. The van der Waals surface area contributed by atoms with Crippen molar-refractivity contribution in [3.8, 4) is 17.3 Å². The third kappa shape index (κ3) is 4.23. The molecule has 0 spiro atoms. The van der Waals surface area contributed by atoms with E-state index >= 15 is 4.39 Å². The molecule has 0 radical (unpaired) electrons. The van der Waals surface area contributed by atoms with Crippen molar-refractivity contribution in [2.45, 2.75) is 19.4 Å². The third-order valence-electron chi connectivity index (χ3n) is 6.53. The molecular weight excluding hydrogens is 498 g/mol. The Morgan fingerprint density at radius 1 is 1.27 bits per heavy atom. The lowest BCUT2D eigenvalue weighted by Crippen LogP contribution is -2.55. The molecule has 5 rings (SSSR count). The first-order valence-corrected chi connectivity index (χ1v) is 12.0. The number of nitriles is 1. The zero-order valence-corrected chi connectivity index (χ0v) is 20.6. The fraction of sp³-hybridized carbons (Fsp3) is 0.222. The first-order chi connectivity index (χ1) is 17.8. The van der Waals surface area contributed by atoms with E-state index < -0.39 is 11.6 Å². The number of rotatable bonds is 4. The molecule has 1 amide bonds. The minimum atomic E-state index is -0.675. The number of hydrogen-bond donors (Lipinski definition) is 0. The second-order valence-corrected chi connectivity index (χ2v) is 9.12. The normalized spacial score (nSPS) is 15.7. The highest BCUT2D eigenvalue weighted by atomic mass is 35.5. The van der Waals surface area contributed by atoms with Gasteiger partial charge in [-0.1, -0.05) is 42.4 Å². The monoisotopic (exact) mass is 518 g/mol. The molecule has 0 aliphatic carbocycles. The van der Waals surface area contributed by atoms with Gasteiger partial charge in [0.1, 0.15) is 28.7 Å². The van der Waals surface area contributed by atoms with Crippen molar-refractivity contribution >= 4 is 45.0 Å². The smallest absolute Gasteiger partial charge is 0.246 e. The lowest BCUT2D eigenvalue weighted by molar-refractivity contribution is -0.128. The van der Waals surface area contributed by atoms with Crippen LogP contribution in [0, 0.1) is 29.9 Å². The molecule has 2 aromatic carbocycles. The number of benzene rings is 2. The Morgan fingerprint density at radius 3 is 2.84 bits per heavy atom. The minimum Gasteiger partial charge on any atom is -0.352 e. The Bertz CT molecular complexity index is 1620. The molecule has 1 aliphatic rings. The summed E-state index contributed by atoms with van der Waals surface area (Å²) in [5, 5.41) is 10.6. The van der Waals surface area contributed by atoms with E-state index in [0.29, 0.717) is 53.0 Å². The van der Waals surface area contributed by atoms with Crippen molar-refractivity contribution in [2.24, 2.45) is 0 Å². The molecular formula is C27H21ClF2N6O. The number of piperazine rings is 1. The maximum Gasteiger partial charge on any atom is 0.246 e. The fourth-order valence-corrected chi connectivity index (χ4v) is 5.10. The first-order valence-electron chi connectivity index (χ1n) is 11.6. The maximum absolute atomic E-state index is 16.0. The lowest BCUT2D eigenvalue weighted by Gasteiger charge is -2.41. The van der Waals surface area contributed by atoms with Crippen LogP contribution in [0.3, 0.4) is 0 Å². The molecule has 0 bridgehead atoms. The summed E-state index contributed by atoms with van der Waals surface area (Å²) in [5.41, 5.74) is 0.418. The molecule has 1 saturated heterocycles. The number of carbonyl (C=O) groups excluding carboxylic acids is 1. The van der Waals surface area contributed by atoms with Gasteiger partial charge in [0.25, 0.3) is 0 Å². The van der Waals surface area contributed by atoms with Crippen LogP contribution in [0.4, 0.5) is 14.6 Å². The summed E-state index contributed by atoms with van der Waals surface area (Å²) in [4.78, 5) is 29.1. The van der Waals surface area contributed by atoms with Gasteiger partial charge in [0.15, 0.2) is 5.82 Å². The number of amides is 1. The van der Waals surface area contributed by atoms with E-state index in [1.807, 2.05) is 4.90 Å². The van der Waals surface area contributed by atoms with Crippen LogP contribution < -0.4 is 4.90 Å². The molecule has 2 aromatic heterocycles. The number of pyridine rings is 1. The molecule has 7 nitrogen and oxygen atoms in total. The molecule has 10 heteroatoms. The van der Waals surface area contributed by atoms with Gasteiger partial charge in [0.2, 0.25) is 5.91 Å². The summed E-state index contributed by atoms with van der Waals surface area (Å²) in [6.45, 7) is 6.32. The van der Waals surface area contributed by atoms with Crippen molar-refractivity contribution < 1.29 is 13.6 Å². The van der Waals surface area contributed by atoms with Gasteiger partial charge >= 0.3 is 0 Å². The van der Waals surface area contributed by atoms with Gasteiger partial charge in [0, 0.05) is 36.8 Å². The minimum absolute atomic E-state index is 0.00148. The Kier molecular flexibility index (Phi) is 6.44. The second-order valence-electron chi connectivity index (χ2n) is 8.74. The quantitative estimate of drug-likeness (QED) is 0.345. The van der Waals surface area contributed by atoms with E-state index in [1.54, 1.807) is 36.1 Å². The molecule has 0 unspecified atom stereocenters. The van der Waals surface area contributed by atoms with Crippen molar-refractivity contribution in [3.63, 3.8) is 0 Å². The number of fused-ring (bicyclic) bond motifs is 2. The number of nitrogens with zero attached hydrogens (tertiary/aromatic N) is 6. The van der Waals surface area contributed by atoms with Crippen molar-refractivity contribution in [2.75, 3.05) is 24.5 Å². The average molecular weight is 519 g/mol. The van der Waals surface area contributed by atoms with Crippen LogP contribution in [0.2, 0.25) is 5.02 Å². The van der Waals surface area contributed by atoms with Crippen molar-refractivity contribution in [1.29, 1.82) is 5.26 Å². The number of anilines is 1. The van der Waals surface area contributed by atoms with Gasteiger partial charge in [0.05, 0.1) is 28.9 Å². The number of carbonyl (C=O) groups is 1. The average Bonchev–Trinajstić information content (AvgIpc) is 2.90. The van der Waals surface area contributed by atoms with Crippen LogP contribution in [0.25, 0.3) is 32.9 Å². The molecule has 0 N–H and O–H groups in total. The Morgan fingerprint density at radius 2 is 2.08 bits per heavy atom. The van der Waals surface area contributed by atoms with Crippen LogP contribution in [-0.4, -0.2) is 51.4 Å². The van der Waals surface area contributed by atoms with Gasteiger partial charge in [-0.05, 0) is 24.5 Å². The highest BCUT2D eigenvalue weighted by molar-refractivity contribution is 6.36. The van der Waals surface area contributed by atoms with Crippen LogP contribution >= 0.6 is 11.6 Å². The summed E-state index contributed by atoms with van der Waals surface area (Å²) < 4.78 is 30.3. The summed E-state index contributed by atoms with van der Waals surface area (Å²) >= 11 is 6.27. The van der Waals surface area contributed by atoms with Crippen molar-refractivity contribution in [1.82, 2.24) is 19.9 Å². The Balaban J connectivity index is 1.63. The molecule has 1 atom stereocenters. The van der Waals surface area contributed by atoms with E-state index in [-0.39, 0.29) is 34.6 Å². The zero-order valence-electron chi connectivity index (χ0n) is 19.9. The van der Waals surface area contributed by atoms with Crippen LogP contribution in [-0.2, 0) is 4.79 Å². The molecule has 1 aliphatic heterocycles. The van der Waals surface area contributed by atoms with Crippen LogP contribution in [0.1, 0.15) is 12.2 Å². The predicted octanol–water partition coefficient (Wildman–Crippen LogP) is 5.20. The van der Waals surface area contributed by atoms with Gasteiger partial charge in [-0.25, -0.2) is 18.7 Å². The van der Waals surface area contributed by atoms with E-state index in [1.165, 1.54) is 18.3 Å². The van der Waals surface area contributed by atoms with E-state index in [4.69, 9.17) is 11.6 Å². The van der Waals surface area contributed by atoms with E-state index in [2.05, 4.69) is 27.6 Å². The highest BCUT2D eigenvalue weighted by Gasteiger charge is 2.31. The van der Waals surface area contributed by atoms with Crippen LogP contribution in [0.15, 0.2) is 49.2 Å². The maximum atomic E-state index is 16.0. The molecule has 1 fully saturated rings. The largest absolute Gasteiger partial charge is 0.352 e. The lowest BCUT2D eigenvalue weighted by atomic mass is 10.0. The van der Waals surface area contributed by atoms with Gasteiger partial charge in [-0.2, -0.15) is 5.26 Å². The van der Waals surface area contributed by atoms with Gasteiger partial charge in [-0.3, -0.25) is 9.78 Å². The number of hydrogen-bond acceptors (Lipinski definition) is 6. The van der Waals surface area contributed by atoms with Gasteiger partial charge in [-0.15, -0.1) is 0 Å². The number of aryl methyl sites for hydroxylation is 1. The van der Waals surface area contributed by atoms with Gasteiger partial charge < -0.3 is 9.80 Å². The highest BCUT2D eigenvalue weighted by Crippen LogP contribution is 2.38. The van der Waals surface area contributed by atoms with Crippen molar-refractivity contribution in [3.05, 3.63) is 71.7 Å². The predicted molar refractivity (Wildman–Crippen MR) is 138 cm³/mol. The molecule has 37 heavy (non-hydrogen) atoms. The first kappa shape index (κ1) is 24.5. The topological polar surface area (TPSA) is 86.0 Å². The fourth-order valence-electron chi connectivity index (χ4n) is 4.82. The zero-order chi connectivity index (χ0) is 26.3.